The number of nitrogens with one attached hydrogen (secondary N) is 1. The van der Waals surface area contributed by atoms with E-state index in [2.05, 4.69) is 10.3 Å². The van der Waals surface area contributed by atoms with Gasteiger partial charge in [0.15, 0.2) is 0 Å². The van der Waals surface area contributed by atoms with Crippen LogP contribution in [0.2, 0.25) is 0 Å². The summed E-state index contributed by atoms with van der Waals surface area (Å²) in [6.07, 6.45) is 0. The van der Waals surface area contributed by atoms with Crippen molar-refractivity contribution >= 4 is 11.6 Å². The van der Waals surface area contributed by atoms with Gasteiger partial charge in [-0.05, 0) is 20.8 Å². The SMILES string of the molecule is CC1=NC(C)C(C)NC1=O. The van der Waals surface area contributed by atoms with Gasteiger partial charge in [-0.3, -0.25) is 9.79 Å². The van der Waals surface area contributed by atoms with Gasteiger partial charge >= 0.3 is 0 Å². The van der Waals surface area contributed by atoms with Gasteiger partial charge in [0.2, 0.25) is 0 Å². The average Bonchev–Trinajstić information content (AvgIpc) is 1.84. The van der Waals surface area contributed by atoms with Crippen LogP contribution >= 0.6 is 0 Å². The number of carbonyl (C=O) groups is 1. The standard InChI is InChI=1S/C7H12N2O/c1-4-5(2)9-7(10)6(3)8-4/h4-5H,1-3H3,(H,9,10). The highest BCUT2D eigenvalue weighted by atomic mass is 16.2. The van der Waals surface area contributed by atoms with Crippen molar-refractivity contribution in [1.29, 1.82) is 0 Å². The maximum absolute atomic E-state index is 10.9. The molecule has 0 aromatic rings. The smallest absolute Gasteiger partial charge is 0.265 e. The van der Waals surface area contributed by atoms with Crippen molar-refractivity contribution in [1.82, 2.24) is 5.32 Å². The quantitative estimate of drug-likeness (QED) is 0.518. The van der Waals surface area contributed by atoms with Crippen LogP contribution in [-0.2, 0) is 4.79 Å². The Hall–Kier alpha value is -0.860. The van der Waals surface area contributed by atoms with Crippen molar-refractivity contribution in [3.63, 3.8) is 0 Å². The van der Waals surface area contributed by atoms with E-state index < -0.39 is 0 Å². The van der Waals surface area contributed by atoms with Crippen molar-refractivity contribution in [3.05, 3.63) is 0 Å². The zero-order chi connectivity index (χ0) is 7.72. The molecule has 0 radical (unpaired) electrons. The fourth-order valence-electron chi connectivity index (χ4n) is 0.908. The maximum Gasteiger partial charge on any atom is 0.265 e. The molecule has 1 aliphatic rings. The Kier molecular flexibility index (Phi) is 1.74. The van der Waals surface area contributed by atoms with Crippen molar-refractivity contribution in [2.24, 2.45) is 4.99 Å². The molecule has 1 rings (SSSR count). The molecule has 0 fully saturated rings. The molecule has 0 spiro atoms. The van der Waals surface area contributed by atoms with E-state index in [1.54, 1.807) is 6.92 Å². The van der Waals surface area contributed by atoms with E-state index in [9.17, 15) is 4.79 Å². The fraction of sp³-hybridized carbons (Fsp3) is 0.714. The maximum atomic E-state index is 10.9. The lowest BCUT2D eigenvalue weighted by Gasteiger charge is -2.23. The summed E-state index contributed by atoms with van der Waals surface area (Å²) in [6.45, 7) is 5.68. The third-order valence-corrected chi connectivity index (χ3v) is 1.81. The van der Waals surface area contributed by atoms with E-state index >= 15 is 0 Å². The highest BCUT2D eigenvalue weighted by Crippen LogP contribution is 2.03. The van der Waals surface area contributed by atoms with Gasteiger partial charge in [0.05, 0.1) is 11.8 Å². The molecule has 0 bridgehead atoms. The number of rotatable bonds is 0. The van der Waals surface area contributed by atoms with Gasteiger partial charge < -0.3 is 5.32 Å². The fourth-order valence-corrected chi connectivity index (χ4v) is 0.908. The molecule has 56 valence electrons. The minimum Gasteiger partial charge on any atom is -0.346 e. The van der Waals surface area contributed by atoms with Crippen LogP contribution in [0.4, 0.5) is 0 Å². The molecular weight excluding hydrogens is 128 g/mol. The van der Waals surface area contributed by atoms with Gasteiger partial charge in [0.1, 0.15) is 0 Å². The molecule has 1 aliphatic heterocycles. The molecule has 0 saturated carbocycles. The molecule has 1 amide bonds. The largest absolute Gasteiger partial charge is 0.346 e. The first-order valence-corrected chi connectivity index (χ1v) is 3.46. The molecular formula is C7H12N2O. The van der Waals surface area contributed by atoms with Crippen LogP contribution in [0, 0.1) is 0 Å². The van der Waals surface area contributed by atoms with E-state index in [1.807, 2.05) is 13.8 Å². The number of nitrogens with zero attached hydrogens (tertiary/aromatic N) is 1. The Morgan fingerprint density at radius 1 is 1.50 bits per heavy atom. The molecule has 1 N–H and O–H groups in total. The van der Waals surface area contributed by atoms with E-state index in [4.69, 9.17) is 0 Å². The second-order valence-electron chi connectivity index (χ2n) is 2.72. The summed E-state index contributed by atoms with van der Waals surface area (Å²) in [5, 5.41) is 2.81. The van der Waals surface area contributed by atoms with Crippen LogP contribution in [0.1, 0.15) is 20.8 Å². The number of aliphatic imine (C=N–C) groups is 1. The first kappa shape index (κ1) is 7.25. The first-order chi connectivity index (χ1) is 4.61. The number of amides is 1. The lowest BCUT2D eigenvalue weighted by atomic mass is 10.1. The van der Waals surface area contributed by atoms with Crippen LogP contribution in [0.15, 0.2) is 4.99 Å². The van der Waals surface area contributed by atoms with E-state index in [-0.39, 0.29) is 18.0 Å². The van der Waals surface area contributed by atoms with Crippen molar-refractivity contribution < 1.29 is 4.79 Å². The van der Waals surface area contributed by atoms with Gasteiger partial charge in [0, 0.05) is 6.04 Å². The summed E-state index contributed by atoms with van der Waals surface area (Å²) >= 11 is 0. The van der Waals surface area contributed by atoms with Crippen LogP contribution in [0.3, 0.4) is 0 Å². The van der Waals surface area contributed by atoms with Crippen LogP contribution in [0.25, 0.3) is 0 Å². The van der Waals surface area contributed by atoms with Gasteiger partial charge in [-0.15, -0.1) is 0 Å². The molecule has 0 aromatic carbocycles. The highest BCUT2D eigenvalue weighted by Gasteiger charge is 2.20. The molecule has 3 nitrogen and oxygen atoms in total. The van der Waals surface area contributed by atoms with Crippen molar-refractivity contribution in [2.45, 2.75) is 32.9 Å². The van der Waals surface area contributed by atoms with Gasteiger partial charge in [0.25, 0.3) is 5.91 Å². The molecule has 3 heteroatoms. The second-order valence-corrected chi connectivity index (χ2v) is 2.72. The van der Waals surface area contributed by atoms with Crippen LogP contribution in [0.5, 0.6) is 0 Å². The second kappa shape index (κ2) is 2.40. The molecule has 1 heterocycles. The summed E-state index contributed by atoms with van der Waals surface area (Å²) in [6, 6.07) is 0.397. The van der Waals surface area contributed by atoms with Crippen molar-refractivity contribution in [3.8, 4) is 0 Å². The highest BCUT2D eigenvalue weighted by molar-refractivity contribution is 6.38. The van der Waals surface area contributed by atoms with Gasteiger partial charge in [-0.1, -0.05) is 0 Å². The first-order valence-electron chi connectivity index (χ1n) is 3.46. The number of hydrogen-bond acceptors (Lipinski definition) is 2. The number of hydrogen-bond donors (Lipinski definition) is 1. The Morgan fingerprint density at radius 3 is 2.60 bits per heavy atom. The lowest BCUT2D eigenvalue weighted by molar-refractivity contribution is -0.115. The summed E-state index contributed by atoms with van der Waals surface area (Å²) in [5.41, 5.74) is 0.589. The molecule has 0 aliphatic carbocycles. The Morgan fingerprint density at radius 2 is 2.10 bits per heavy atom. The van der Waals surface area contributed by atoms with Gasteiger partial charge in [-0.25, -0.2) is 0 Å². The Bertz CT molecular complexity index is 186. The number of carbonyl (C=O) groups excluding carboxylic acids is 1. The summed E-state index contributed by atoms with van der Waals surface area (Å²) < 4.78 is 0. The summed E-state index contributed by atoms with van der Waals surface area (Å²) in [4.78, 5) is 15.1. The normalized spacial score (nSPS) is 33.1. The predicted molar refractivity (Wildman–Crippen MR) is 40.2 cm³/mol. The Labute approximate surface area is 60.5 Å². The molecule has 0 aromatic heterocycles. The van der Waals surface area contributed by atoms with Crippen molar-refractivity contribution in [2.75, 3.05) is 0 Å². The molecule has 2 atom stereocenters. The zero-order valence-corrected chi connectivity index (χ0v) is 6.51. The van der Waals surface area contributed by atoms with E-state index in [0.29, 0.717) is 5.71 Å². The minimum atomic E-state index is -0.0365. The Balaban J connectivity index is 2.79. The van der Waals surface area contributed by atoms with Crippen LogP contribution < -0.4 is 5.32 Å². The molecule has 0 saturated heterocycles. The van der Waals surface area contributed by atoms with E-state index in [1.165, 1.54) is 0 Å². The topological polar surface area (TPSA) is 41.5 Å². The monoisotopic (exact) mass is 140 g/mol. The molecule has 2 unspecified atom stereocenters. The van der Waals surface area contributed by atoms with Gasteiger partial charge in [-0.2, -0.15) is 0 Å². The summed E-state index contributed by atoms with van der Waals surface area (Å²) in [5.74, 6) is -0.0365. The zero-order valence-electron chi connectivity index (χ0n) is 6.51. The third-order valence-electron chi connectivity index (χ3n) is 1.81. The van der Waals surface area contributed by atoms with Crippen LogP contribution in [-0.4, -0.2) is 23.7 Å². The molecule has 10 heavy (non-hydrogen) atoms. The van der Waals surface area contributed by atoms with E-state index in [0.717, 1.165) is 0 Å². The lowest BCUT2D eigenvalue weighted by Crippen LogP contribution is -2.46. The minimum absolute atomic E-state index is 0.0365. The third kappa shape index (κ3) is 1.17. The predicted octanol–water partition coefficient (Wildman–Crippen LogP) is 0.354. The summed E-state index contributed by atoms with van der Waals surface area (Å²) in [7, 11) is 0. The average molecular weight is 140 g/mol.